The molecule has 0 nitrogen and oxygen atoms in total. The zero-order valence-electron chi connectivity index (χ0n) is 5.10. The van der Waals surface area contributed by atoms with E-state index in [-0.39, 0.29) is 0 Å². The monoisotopic (exact) mass is 116 g/mol. The van der Waals surface area contributed by atoms with Gasteiger partial charge in [0.05, 0.1) is 0 Å². The molecule has 42 valence electrons. The first-order valence-electron chi connectivity index (χ1n) is 2.49. The van der Waals surface area contributed by atoms with Crippen molar-refractivity contribution in [1.82, 2.24) is 0 Å². The maximum Gasteiger partial charge on any atom is -0.0255 e. The summed E-state index contributed by atoms with van der Waals surface area (Å²) in [5.74, 6) is 0.650. The molecule has 0 spiro atoms. The first-order chi connectivity index (χ1) is 3.18. The highest BCUT2D eigenvalue weighted by molar-refractivity contribution is 7.83. The van der Waals surface area contributed by atoms with Gasteiger partial charge in [-0.15, -0.1) is 0 Å². The predicted molar refractivity (Wildman–Crippen MR) is 37.6 cm³/mol. The lowest BCUT2D eigenvalue weighted by Gasteiger charge is -1.99. The van der Waals surface area contributed by atoms with Crippen molar-refractivity contribution in [2.75, 3.05) is 0 Å². The Hall–Kier alpha value is 0.0900. The minimum absolute atomic E-state index is 0.650. The van der Waals surface area contributed by atoms with E-state index in [4.69, 9.17) is 0 Å². The molecule has 0 aliphatic carbocycles. The number of hydrogen-bond acceptors (Lipinski definition) is 1. The van der Waals surface area contributed by atoms with Gasteiger partial charge in [0.1, 0.15) is 0 Å². The number of rotatable bonds is 1. The van der Waals surface area contributed by atoms with Gasteiger partial charge in [-0.05, 0) is 18.2 Å². The summed E-state index contributed by atoms with van der Waals surface area (Å²) in [5, 5.41) is 1.85. The van der Waals surface area contributed by atoms with E-state index in [2.05, 4.69) is 33.4 Å². The molecule has 0 unspecified atom stereocenters. The Balaban J connectivity index is 3.56. The molecular weight excluding hydrogens is 104 g/mol. The highest BCUT2D eigenvalue weighted by atomic mass is 32.1. The minimum Gasteiger partial charge on any atom is -0.151 e. The molecular formula is C6H12S. The molecule has 0 atom stereocenters. The molecule has 0 rings (SSSR count). The van der Waals surface area contributed by atoms with Crippen molar-refractivity contribution in [2.45, 2.75) is 20.8 Å². The van der Waals surface area contributed by atoms with Crippen LogP contribution >= 0.6 is 12.6 Å². The van der Waals surface area contributed by atoms with Gasteiger partial charge in [0.2, 0.25) is 0 Å². The van der Waals surface area contributed by atoms with Crippen LogP contribution in [0.2, 0.25) is 0 Å². The van der Waals surface area contributed by atoms with E-state index in [9.17, 15) is 0 Å². The summed E-state index contributed by atoms with van der Waals surface area (Å²) in [7, 11) is 0. The average molecular weight is 116 g/mol. The van der Waals surface area contributed by atoms with Gasteiger partial charge in [-0.25, -0.2) is 0 Å². The molecule has 7 heavy (non-hydrogen) atoms. The third-order valence-electron chi connectivity index (χ3n) is 1.11. The van der Waals surface area contributed by atoms with Crippen LogP contribution in [0.3, 0.4) is 0 Å². The van der Waals surface area contributed by atoms with Crippen molar-refractivity contribution in [1.29, 1.82) is 0 Å². The van der Waals surface area contributed by atoms with Crippen LogP contribution in [-0.2, 0) is 0 Å². The molecule has 0 N–H and O–H groups in total. The molecule has 0 aromatic rings. The van der Waals surface area contributed by atoms with Crippen LogP contribution < -0.4 is 0 Å². The number of allylic oxidation sites excluding steroid dienone is 1. The Bertz CT molecular complexity index is 72.2. The molecule has 0 saturated carbocycles. The van der Waals surface area contributed by atoms with E-state index < -0.39 is 0 Å². The van der Waals surface area contributed by atoms with Crippen molar-refractivity contribution in [3.63, 3.8) is 0 Å². The quantitative estimate of drug-likeness (QED) is 0.500. The Labute approximate surface area is 51.0 Å². The molecule has 0 radical (unpaired) electrons. The summed E-state index contributed by atoms with van der Waals surface area (Å²) in [6.45, 7) is 6.39. The largest absolute Gasteiger partial charge is 0.151 e. The van der Waals surface area contributed by atoms with Gasteiger partial charge >= 0.3 is 0 Å². The van der Waals surface area contributed by atoms with Gasteiger partial charge in [-0.1, -0.05) is 19.4 Å². The molecule has 0 saturated heterocycles. The van der Waals surface area contributed by atoms with Crippen LogP contribution in [0, 0.1) is 5.92 Å². The fourth-order valence-electron chi connectivity index (χ4n) is 0.149. The summed E-state index contributed by atoms with van der Waals surface area (Å²) in [5.41, 5.74) is 1.34. The Kier molecular flexibility index (Phi) is 3.18. The lowest BCUT2D eigenvalue weighted by molar-refractivity contribution is 0.772. The maximum atomic E-state index is 3.99. The Morgan fingerprint density at radius 1 is 1.57 bits per heavy atom. The Morgan fingerprint density at radius 3 is 2.00 bits per heavy atom. The van der Waals surface area contributed by atoms with E-state index >= 15 is 0 Å². The minimum atomic E-state index is 0.650. The van der Waals surface area contributed by atoms with E-state index in [1.165, 1.54) is 5.57 Å². The smallest absolute Gasteiger partial charge is 0.0255 e. The molecule has 0 aromatic carbocycles. The topological polar surface area (TPSA) is 0 Å². The first-order valence-corrected chi connectivity index (χ1v) is 3.01. The van der Waals surface area contributed by atoms with E-state index in [1.807, 2.05) is 5.41 Å². The lowest BCUT2D eigenvalue weighted by Crippen LogP contribution is -1.85. The van der Waals surface area contributed by atoms with Crippen LogP contribution in [0.25, 0.3) is 0 Å². The molecule has 0 fully saturated rings. The van der Waals surface area contributed by atoms with E-state index in [1.54, 1.807) is 0 Å². The van der Waals surface area contributed by atoms with E-state index in [0.29, 0.717) is 5.92 Å². The molecule has 0 aliphatic heterocycles. The van der Waals surface area contributed by atoms with Crippen molar-refractivity contribution in [3.05, 3.63) is 11.0 Å². The lowest BCUT2D eigenvalue weighted by atomic mass is 10.1. The highest BCUT2D eigenvalue weighted by Gasteiger charge is 1.90. The van der Waals surface area contributed by atoms with Gasteiger partial charge in [-0.3, -0.25) is 0 Å². The van der Waals surface area contributed by atoms with Gasteiger partial charge in [0, 0.05) is 0 Å². The van der Waals surface area contributed by atoms with Crippen LogP contribution in [-0.4, -0.2) is 0 Å². The molecule has 0 aromatic heterocycles. The van der Waals surface area contributed by atoms with Gasteiger partial charge < -0.3 is 0 Å². The number of thiol groups is 1. The highest BCUT2D eigenvalue weighted by Crippen LogP contribution is 2.07. The predicted octanol–water partition coefficient (Wildman–Crippen LogP) is 2.48. The van der Waals surface area contributed by atoms with Gasteiger partial charge in [0.15, 0.2) is 0 Å². The zero-order chi connectivity index (χ0) is 5.86. The molecule has 0 amide bonds. The average Bonchev–Trinajstić information content (AvgIpc) is 1.65. The fourth-order valence-corrected chi connectivity index (χ4v) is 0.447. The zero-order valence-corrected chi connectivity index (χ0v) is 6.00. The second kappa shape index (κ2) is 3.14. The van der Waals surface area contributed by atoms with Crippen molar-refractivity contribution < 1.29 is 0 Å². The molecule has 1 heteroatoms. The van der Waals surface area contributed by atoms with Crippen LogP contribution in [0.1, 0.15) is 20.8 Å². The van der Waals surface area contributed by atoms with Crippen LogP contribution in [0.5, 0.6) is 0 Å². The van der Waals surface area contributed by atoms with Crippen molar-refractivity contribution in [2.24, 2.45) is 5.92 Å². The van der Waals surface area contributed by atoms with Crippen LogP contribution in [0.4, 0.5) is 0 Å². The molecule has 0 aliphatic rings. The fraction of sp³-hybridized carbons (Fsp3) is 0.667. The summed E-state index contributed by atoms with van der Waals surface area (Å²) >= 11 is 3.99. The summed E-state index contributed by atoms with van der Waals surface area (Å²) in [6.07, 6.45) is 0. The maximum absolute atomic E-state index is 3.99. The molecule has 0 bridgehead atoms. The normalized spacial score (nSPS) is 13.0. The SMILES string of the molecule is CC(=CS)C(C)C. The van der Waals surface area contributed by atoms with Crippen LogP contribution in [0.15, 0.2) is 11.0 Å². The van der Waals surface area contributed by atoms with E-state index in [0.717, 1.165) is 0 Å². The standard InChI is InChI=1S/C6H12S/c1-5(2)6(3)4-7/h4-5,7H,1-3H3. The van der Waals surface area contributed by atoms with Gasteiger partial charge in [-0.2, -0.15) is 12.6 Å². The summed E-state index contributed by atoms with van der Waals surface area (Å²) in [6, 6.07) is 0. The van der Waals surface area contributed by atoms with Gasteiger partial charge in [0.25, 0.3) is 0 Å². The summed E-state index contributed by atoms with van der Waals surface area (Å²) < 4.78 is 0. The second-order valence-electron chi connectivity index (χ2n) is 2.03. The third kappa shape index (κ3) is 2.75. The first kappa shape index (κ1) is 7.09. The molecule has 0 heterocycles. The second-order valence-corrected chi connectivity index (χ2v) is 2.29. The van der Waals surface area contributed by atoms with Crippen molar-refractivity contribution >= 4 is 12.6 Å². The Morgan fingerprint density at radius 2 is 2.00 bits per heavy atom. The van der Waals surface area contributed by atoms with Crippen molar-refractivity contribution in [3.8, 4) is 0 Å². The summed E-state index contributed by atoms with van der Waals surface area (Å²) in [4.78, 5) is 0. The number of hydrogen-bond donors (Lipinski definition) is 1. The third-order valence-corrected chi connectivity index (χ3v) is 1.52.